The Morgan fingerprint density at radius 2 is 1.92 bits per heavy atom. The monoisotopic (exact) mass is 563 g/mol. The van der Waals surface area contributed by atoms with Crippen LogP contribution in [0.15, 0.2) is 48.7 Å². The number of rotatable bonds is 6. The lowest BCUT2D eigenvalue weighted by Gasteiger charge is -2.45. The molecule has 3 N–H and O–H groups in total. The molecule has 1 saturated carbocycles. The first-order valence-electron chi connectivity index (χ1n) is 13.3. The highest BCUT2D eigenvalue weighted by molar-refractivity contribution is 7.70. The fourth-order valence-electron chi connectivity index (χ4n) is 5.69. The number of nitrogens with zero attached hydrogens (tertiary/aromatic N) is 4. The average Bonchev–Trinajstić information content (AvgIpc) is 3.70. The van der Waals surface area contributed by atoms with Crippen molar-refractivity contribution in [2.45, 2.75) is 24.9 Å². The molecule has 3 aliphatic rings. The second kappa shape index (κ2) is 9.44. The first kappa shape index (κ1) is 24.8. The van der Waals surface area contributed by atoms with Crippen LogP contribution < -0.4 is 25.6 Å². The van der Waals surface area contributed by atoms with Gasteiger partial charge in [0.25, 0.3) is 0 Å². The number of hydrogen-bond acceptors (Lipinski definition) is 8. The van der Waals surface area contributed by atoms with Crippen LogP contribution >= 0.6 is 18.7 Å². The molecule has 1 saturated heterocycles. The van der Waals surface area contributed by atoms with E-state index in [1.165, 1.54) is 12.8 Å². The van der Waals surface area contributed by atoms with Gasteiger partial charge in [0.15, 0.2) is 0 Å². The van der Waals surface area contributed by atoms with Crippen LogP contribution in [0.25, 0.3) is 11.0 Å². The van der Waals surface area contributed by atoms with Crippen molar-refractivity contribution in [1.82, 2.24) is 19.9 Å². The average molecular weight is 564 g/mol. The molecule has 0 spiro atoms. The molecular formula is C28H31ClN7O2P. The molecule has 2 aromatic heterocycles. The molecule has 4 aromatic rings. The Balaban J connectivity index is 1.17. The van der Waals surface area contributed by atoms with E-state index in [-0.39, 0.29) is 0 Å². The number of fused-ring (bicyclic) bond motifs is 4. The van der Waals surface area contributed by atoms with Gasteiger partial charge in [0.2, 0.25) is 5.95 Å². The van der Waals surface area contributed by atoms with Gasteiger partial charge in [-0.2, -0.15) is 9.97 Å². The third-order valence-electron chi connectivity index (χ3n) is 7.75. The summed E-state index contributed by atoms with van der Waals surface area (Å²) in [5.41, 5.74) is 3.30. The molecule has 11 heteroatoms. The number of aromatic nitrogens is 3. The predicted octanol–water partition coefficient (Wildman–Crippen LogP) is 5.39. The maximum Gasteiger partial charge on any atom is 0.231 e. The lowest BCUT2D eigenvalue weighted by Crippen LogP contribution is -2.57. The topological polar surface area (TPSA) is 98.4 Å². The normalized spacial score (nSPS) is 19.4. The summed E-state index contributed by atoms with van der Waals surface area (Å²) in [4.78, 5) is 17.7. The maximum absolute atomic E-state index is 12.9. The van der Waals surface area contributed by atoms with Crippen LogP contribution in [0.2, 0.25) is 5.02 Å². The van der Waals surface area contributed by atoms with Crippen molar-refractivity contribution in [3.63, 3.8) is 0 Å². The van der Waals surface area contributed by atoms with Gasteiger partial charge in [-0.15, -0.1) is 0 Å². The van der Waals surface area contributed by atoms with E-state index < -0.39 is 7.14 Å². The summed E-state index contributed by atoms with van der Waals surface area (Å²) in [6.07, 6.45) is 4.37. The molecule has 4 heterocycles. The summed E-state index contributed by atoms with van der Waals surface area (Å²) in [6, 6.07) is 14.9. The van der Waals surface area contributed by atoms with Crippen LogP contribution in [0.1, 0.15) is 12.8 Å². The zero-order valence-corrected chi connectivity index (χ0v) is 23.6. The van der Waals surface area contributed by atoms with E-state index in [0.717, 1.165) is 53.8 Å². The van der Waals surface area contributed by atoms with E-state index in [1.807, 2.05) is 36.4 Å². The molecule has 0 unspecified atom stereocenters. The number of ether oxygens (including phenoxy) is 1. The number of H-pyrrole nitrogens is 1. The minimum absolute atomic E-state index is 0.395. The number of benzene rings is 2. The Bertz CT molecular complexity index is 1620. The van der Waals surface area contributed by atoms with Crippen molar-refractivity contribution in [3.05, 3.63) is 53.7 Å². The van der Waals surface area contributed by atoms with Gasteiger partial charge in [-0.1, -0.05) is 23.7 Å². The summed E-state index contributed by atoms with van der Waals surface area (Å²) < 4.78 is 19.2. The summed E-state index contributed by atoms with van der Waals surface area (Å²) in [5.74, 6) is 1.80. The largest absolute Gasteiger partial charge is 0.489 e. The van der Waals surface area contributed by atoms with Crippen molar-refractivity contribution < 1.29 is 9.30 Å². The molecule has 2 aliphatic heterocycles. The molecule has 2 fully saturated rings. The minimum Gasteiger partial charge on any atom is -0.489 e. The molecule has 1 aliphatic carbocycles. The van der Waals surface area contributed by atoms with Gasteiger partial charge in [0, 0.05) is 48.9 Å². The Hall–Kier alpha value is -3.26. The molecule has 0 bridgehead atoms. The highest BCUT2D eigenvalue weighted by Crippen LogP contribution is 2.41. The highest BCUT2D eigenvalue weighted by Gasteiger charge is 2.38. The smallest absolute Gasteiger partial charge is 0.231 e. The van der Waals surface area contributed by atoms with Gasteiger partial charge in [0.05, 0.1) is 27.8 Å². The van der Waals surface area contributed by atoms with Crippen molar-refractivity contribution in [2.24, 2.45) is 0 Å². The van der Waals surface area contributed by atoms with Gasteiger partial charge in [-0.3, -0.25) is 4.90 Å². The second-order valence-electron chi connectivity index (χ2n) is 10.9. The Kier molecular flexibility index (Phi) is 5.99. The fraction of sp³-hybridized carbons (Fsp3) is 0.357. The molecule has 0 radical (unpaired) electrons. The molecule has 7 rings (SSSR count). The number of hydrogen-bond donors (Lipinski definition) is 3. The number of piperazine rings is 1. The molecular weight excluding hydrogens is 533 g/mol. The van der Waals surface area contributed by atoms with Crippen molar-refractivity contribution in [2.75, 3.05) is 55.1 Å². The number of halogens is 1. The zero-order valence-electron chi connectivity index (χ0n) is 21.9. The van der Waals surface area contributed by atoms with Crippen molar-refractivity contribution in [3.8, 4) is 5.75 Å². The third-order valence-corrected chi connectivity index (χ3v) is 9.60. The van der Waals surface area contributed by atoms with Gasteiger partial charge in [-0.05, 0) is 50.4 Å². The summed E-state index contributed by atoms with van der Waals surface area (Å²) in [6.45, 7) is 7.41. The van der Waals surface area contributed by atoms with Crippen LogP contribution in [-0.4, -0.2) is 71.5 Å². The zero-order chi connectivity index (χ0) is 26.7. The number of nitrogens with one attached hydrogen (secondary N) is 3. The molecule has 39 heavy (non-hydrogen) atoms. The van der Waals surface area contributed by atoms with Crippen LogP contribution in [0.4, 0.5) is 28.8 Å². The Morgan fingerprint density at radius 1 is 1.08 bits per heavy atom. The Morgan fingerprint density at radius 3 is 2.74 bits per heavy atom. The lowest BCUT2D eigenvalue weighted by atomic mass is 10.1. The van der Waals surface area contributed by atoms with Crippen LogP contribution in [0.3, 0.4) is 0 Å². The van der Waals surface area contributed by atoms with Gasteiger partial charge >= 0.3 is 0 Å². The van der Waals surface area contributed by atoms with Gasteiger partial charge in [-0.25, -0.2) is 0 Å². The summed E-state index contributed by atoms with van der Waals surface area (Å²) in [5, 5.41) is 8.64. The SMILES string of the molecule is CP(C)(=O)c1ccccc1Nc1nc(Nc2ccc3c(c2)OC[C@H]2CN(C4CC4)CCN32)nc2[nH]cc(Cl)c12. The predicted molar refractivity (Wildman–Crippen MR) is 159 cm³/mol. The summed E-state index contributed by atoms with van der Waals surface area (Å²) in [7, 11) is -2.53. The van der Waals surface area contributed by atoms with Crippen molar-refractivity contribution in [1.29, 1.82) is 0 Å². The van der Waals surface area contributed by atoms with Gasteiger partial charge < -0.3 is 29.8 Å². The van der Waals surface area contributed by atoms with E-state index in [4.69, 9.17) is 21.3 Å². The molecule has 1 atom stereocenters. The van der Waals surface area contributed by atoms with Gasteiger partial charge in [0.1, 0.15) is 31.0 Å². The van der Waals surface area contributed by atoms with Crippen LogP contribution in [0, 0.1) is 0 Å². The maximum atomic E-state index is 12.9. The van der Waals surface area contributed by atoms with Crippen LogP contribution in [0.5, 0.6) is 5.75 Å². The first-order chi connectivity index (χ1) is 18.8. The Labute approximate surface area is 232 Å². The van der Waals surface area contributed by atoms with E-state index in [9.17, 15) is 4.57 Å². The third kappa shape index (κ3) is 4.73. The van der Waals surface area contributed by atoms with E-state index in [0.29, 0.717) is 40.5 Å². The number of para-hydroxylation sites is 1. The van der Waals surface area contributed by atoms with E-state index in [2.05, 4.69) is 36.5 Å². The number of anilines is 5. The molecule has 2 aromatic carbocycles. The fourth-order valence-corrected chi connectivity index (χ4v) is 7.08. The summed E-state index contributed by atoms with van der Waals surface area (Å²) >= 11 is 6.50. The quantitative estimate of drug-likeness (QED) is 0.269. The molecule has 0 amide bonds. The van der Waals surface area contributed by atoms with Crippen LogP contribution in [-0.2, 0) is 4.57 Å². The van der Waals surface area contributed by atoms with E-state index in [1.54, 1.807) is 19.5 Å². The molecule has 202 valence electrons. The highest BCUT2D eigenvalue weighted by atomic mass is 35.5. The first-order valence-corrected chi connectivity index (χ1v) is 16.3. The second-order valence-corrected chi connectivity index (χ2v) is 14.5. The minimum atomic E-state index is -2.53. The number of aromatic amines is 1. The van der Waals surface area contributed by atoms with Crippen molar-refractivity contribution >= 4 is 63.9 Å². The standard InChI is InChI=1S/C28H31ClN7O2P/c1-39(2,37)24-6-4-3-5-21(24)32-27-25-20(29)14-30-26(25)33-28(34-27)31-17-7-10-22-23(13-17)38-16-19-15-35(18-8-9-18)11-12-36(19)22/h3-7,10,13-14,18-19H,8-9,11-12,15-16H2,1-2H3,(H3,30,31,32,33,34)/t19-/m1/s1. The van der Waals surface area contributed by atoms with E-state index >= 15 is 0 Å². The molecule has 9 nitrogen and oxygen atoms in total. The lowest BCUT2D eigenvalue weighted by molar-refractivity contribution is 0.161.